The molecule has 0 bridgehead atoms. The van der Waals surface area contributed by atoms with Crippen molar-refractivity contribution >= 4 is 68.0 Å². The third-order valence-electron chi connectivity index (χ3n) is 3.64. The van der Waals surface area contributed by atoms with E-state index in [1.165, 1.54) is 4.88 Å². The summed E-state index contributed by atoms with van der Waals surface area (Å²) in [5, 5.41) is 4.22. The third-order valence-corrected chi connectivity index (χ3v) is 7.04. The zero-order valence-electron chi connectivity index (χ0n) is 13.5. The normalized spacial score (nSPS) is 16.7. The smallest absolute Gasteiger partial charge is 0.338 e. The van der Waals surface area contributed by atoms with Crippen molar-refractivity contribution in [2.75, 3.05) is 24.2 Å². The molecule has 0 radical (unpaired) electrons. The van der Waals surface area contributed by atoms with Gasteiger partial charge in [0.05, 0.1) is 16.0 Å². The van der Waals surface area contributed by atoms with Crippen molar-refractivity contribution in [1.82, 2.24) is 4.90 Å². The van der Waals surface area contributed by atoms with Crippen LogP contribution in [-0.2, 0) is 4.74 Å². The van der Waals surface area contributed by atoms with Crippen LogP contribution < -0.4 is 5.32 Å². The molecule has 0 amide bonds. The maximum Gasteiger partial charge on any atom is 0.338 e. The van der Waals surface area contributed by atoms with E-state index in [0.29, 0.717) is 17.3 Å². The lowest BCUT2D eigenvalue weighted by Crippen LogP contribution is -2.33. The monoisotopic (exact) mass is 456 g/mol. The molecule has 1 aliphatic rings. The Morgan fingerprint density at radius 2 is 2.12 bits per heavy atom. The molecule has 1 aliphatic heterocycles. The number of hydrogen-bond donors (Lipinski definition) is 1. The maximum absolute atomic E-state index is 11.7. The number of thioether (sulfide) groups is 1. The van der Waals surface area contributed by atoms with Gasteiger partial charge in [0.1, 0.15) is 5.37 Å². The first-order valence-corrected chi connectivity index (χ1v) is 10.9. The molecule has 1 fully saturated rings. The highest BCUT2D eigenvalue weighted by Crippen LogP contribution is 2.42. The molecule has 2 aromatic rings. The van der Waals surface area contributed by atoms with Crippen molar-refractivity contribution in [1.29, 1.82) is 0 Å². The van der Waals surface area contributed by atoms with Gasteiger partial charge in [-0.3, -0.25) is 0 Å². The molecule has 8 heteroatoms. The number of thiocarbonyl (C=S) groups is 1. The van der Waals surface area contributed by atoms with Crippen LogP contribution in [0, 0.1) is 0 Å². The number of thiophene rings is 1. The first-order chi connectivity index (χ1) is 12.1. The van der Waals surface area contributed by atoms with E-state index >= 15 is 0 Å². The van der Waals surface area contributed by atoms with E-state index in [1.54, 1.807) is 30.4 Å². The lowest BCUT2D eigenvalue weighted by atomic mass is 10.2. The minimum atomic E-state index is -0.309. The second kappa shape index (κ2) is 8.53. The lowest BCUT2D eigenvalue weighted by molar-refractivity contribution is 0.0526. The van der Waals surface area contributed by atoms with Crippen LogP contribution in [-0.4, -0.2) is 34.9 Å². The van der Waals surface area contributed by atoms with Gasteiger partial charge in [0.15, 0.2) is 5.11 Å². The standard InChI is InChI=1S/C17H17BrN2O2S3/c1-2-22-16(21)11-3-5-12(6-4-11)19-17(23)20-9-10-24-15(20)13-7-8-14(18)25-13/h3-8,15H,2,9-10H2,1H3,(H,19,23). The minimum Gasteiger partial charge on any atom is -0.462 e. The number of nitrogens with zero attached hydrogens (tertiary/aromatic N) is 1. The number of esters is 1. The Morgan fingerprint density at radius 1 is 1.36 bits per heavy atom. The third kappa shape index (κ3) is 4.55. The quantitative estimate of drug-likeness (QED) is 0.507. The fourth-order valence-corrected chi connectivity index (χ4v) is 5.78. The Hall–Kier alpha value is -1.09. The fourth-order valence-electron chi connectivity index (χ4n) is 2.47. The van der Waals surface area contributed by atoms with E-state index in [1.807, 2.05) is 23.9 Å². The number of ether oxygens (including phenoxy) is 1. The Kier molecular flexibility index (Phi) is 6.38. The summed E-state index contributed by atoms with van der Waals surface area (Å²) in [6.07, 6.45) is 0. The van der Waals surface area contributed by atoms with E-state index < -0.39 is 0 Å². The van der Waals surface area contributed by atoms with Crippen LogP contribution >= 0.6 is 51.2 Å². The number of carbonyl (C=O) groups excluding carboxylic acids is 1. The summed E-state index contributed by atoms with van der Waals surface area (Å²) in [6, 6.07) is 11.4. The number of benzene rings is 1. The van der Waals surface area contributed by atoms with Gasteiger partial charge >= 0.3 is 5.97 Å². The van der Waals surface area contributed by atoms with E-state index in [4.69, 9.17) is 17.0 Å². The molecule has 132 valence electrons. The molecule has 25 heavy (non-hydrogen) atoms. The van der Waals surface area contributed by atoms with E-state index in [9.17, 15) is 4.79 Å². The van der Waals surface area contributed by atoms with Gasteiger partial charge < -0.3 is 15.0 Å². The average Bonchev–Trinajstić information content (AvgIpc) is 3.24. The highest BCUT2D eigenvalue weighted by molar-refractivity contribution is 9.11. The largest absolute Gasteiger partial charge is 0.462 e. The van der Waals surface area contributed by atoms with E-state index in [2.05, 4.69) is 38.3 Å². The summed E-state index contributed by atoms with van der Waals surface area (Å²) >= 11 is 12.8. The van der Waals surface area contributed by atoms with Gasteiger partial charge in [-0.05, 0) is 71.5 Å². The van der Waals surface area contributed by atoms with E-state index in [0.717, 1.165) is 21.8 Å². The van der Waals surface area contributed by atoms with Crippen molar-refractivity contribution in [2.24, 2.45) is 0 Å². The highest BCUT2D eigenvalue weighted by atomic mass is 79.9. The summed E-state index contributed by atoms with van der Waals surface area (Å²) in [7, 11) is 0. The molecule has 1 unspecified atom stereocenters. The van der Waals surface area contributed by atoms with Crippen molar-refractivity contribution in [3.05, 3.63) is 50.6 Å². The molecule has 0 aliphatic carbocycles. The number of hydrogen-bond acceptors (Lipinski definition) is 5. The molecule has 1 aromatic carbocycles. The summed E-state index contributed by atoms with van der Waals surface area (Å²) in [4.78, 5) is 15.2. The topological polar surface area (TPSA) is 41.6 Å². The molecular weight excluding hydrogens is 440 g/mol. The molecule has 4 nitrogen and oxygen atoms in total. The van der Waals surface area contributed by atoms with Crippen LogP contribution in [0.5, 0.6) is 0 Å². The fraction of sp³-hybridized carbons (Fsp3) is 0.294. The summed E-state index contributed by atoms with van der Waals surface area (Å²) in [6.45, 7) is 3.08. The lowest BCUT2D eigenvalue weighted by Gasteiger charge is -2.26. The first kappa shape index (κ1) is 18.7. The van der Waals surface area contributed by atoms with Crippen molar-refractivity contribution < 1.29 is 9.53 Å². The maximum atomic E-state index is 11.7. The highest BCUT2D eigenvalue weighted by Gasteiger charge is 2.29. The molecule has 1 saturated heterocycles. The summed E-state index contributed by atoms with van der Waals surface area (Å²) in [5.41, 5.74) is 1.40. The van der Waals surface area contributed by atoms with Crippen LogP contribution in [0.3, 0.4) is 0 Å². The average molecular weight is 457 g/mol. The molecule has 1 atom stereocenters. The summed E-state index contributed by atoms with van der Waals surface area (Å²) < 4.78 is 6.12. The van der Waals surface area contributed by atoms with Crippen LogP contribution in [0.4, 0.5) is 5.69 Å². The zero-order chi connectivity index (χ0) is 17.8. The van der Waals surface area contributed by atoms with Crippen LogP contribution in [0.2, 0.25) is 0 Å². The van der Waals surface area contributed by atoms with Gasteiger partial charge in [-0.25, -0.2) is 4.79 Å². The van der Waals surface area contributed by atoms with Crippen molar-refractivity contribution in [3.8, 4) is 0 Å². The minimum absolute atomic E-state index is 0.245. The Labute approximate surface area is 169 Å². The number of rotatable bonds is 4. The van der Waals surface area contributed by atoms with Crippen LogP contribution in [0.15, 0.2) is 40.2 Å². The Bertz CT molecular complexity index is 764. The molecule has 1 aromatic heterocycles. The second-order valence-electron chi connectivity index (χ2n) is 5.29. The second-order valence-corrected chi connectivity index (χ2v) is 9.36. The molecule has 0 spiro atoms. The predicted molar refractivity (Wildman–Crippen MR) is 113 cm³/mol. The summed E-state index contributed by atoms with van der Waals surface area (Å²) in [5.74, 6) is 0.736. The molecule has 0 saturated carbocycles. The van der Waals surface area contributed by atoms with Crippen molar-refractivity contribution in [2.45, 2.75) is 12.3 Å². The molecule has 2 heterocycles. The molecule has 3 rings (SSSR count). The number of anilines is 1. The Balaban J connectivity index is 1.66. The molecule has 1 N–H and O–H groups in total. The van der Waals surface area contributed by atoms with E-state index in [-0.39, 0.29) is 11.3 Å². The number of nitrogens with one attached hydrogen (secondary N) is 1. The number of carbonyl (C=O) groups is 1. The van der Waals surface area contributed by atoms with Gasteiger partial charge in [-0.2, -0.15) is 0 Å². The van der Waals surface area contributed by atoms with Crippen LogP contribution in [0.25, 0.3) is 0 Å². The SMILES string of the molecule is CCOC(=O)c1ccc(NC(=S)N2CCSC2c2ccc(Br)s2)cc1. The van der Waals surface area contributed by atoms with Gasteiger partial charge in [0.2, 0.25) is 0 Å². The number of halogens is 1. The predicted octanol–water partition coefficient (Wildman–Crippen LogP) is 5.13. The van der Waals surface area contributed by atoms with Gasteiger partial charge in [0.25, 0.3) is 0 Å². The van der Waals surface area contributed by atoms with Gasteiger partial charge in [-0.15, -0.1) is 23.1 Å². The van der Waals surface area contributed by atoms with Crippen molar-refractivity contribution in [3.63, 3.8) is 0 Å². The Morgan fingerprint density at radius 3 is 2.76 bits per heavy atom. The van der Waals surface area contributed by atoms with Gasteiger partial charge in [-0.1, -0.05) is 0 Å². The van der Waals surface area contributed by atoms with Crippen LogP contribution in [0.1, 0.15) is 27.5 Å². The zero-order valence-corrected chi connectivity index (χ0v) is 17.6. The van der Waals surface area contributed by atoms with Gasteiger partial charge in [0, 0.05) is 22.9 Å². The first-order valence-electron chi connectivity index (χ1n) is 7.80. The molecular formula is C17H17BrN2O2S3.